The largest absolute Gasteiger partial charge is 0.243 e. The van der Waals surface area contributed by atoms with Gasteiger partial charge in [-0.3, -0.25) is 0 Å². The second-order valence-electron chi connectivity index (χ2n) is 9.07. The Morgan fingerprint density at radius 1 is 0.812 bits per heavy atom. The van der Waals surface area contributed by atoms with E-state index in [4.69, 9.17) is 0 Å². The van der Waals surface area contributed by atoms with Gasteiger partial charge >= 0.3 is 0 Å². The van der Waals surface area contributed by atoms with E-state index >= 15 is 0 Å². The summed E-state index contributed by atoms with van der Waals surface area (Å²) in [5.74, 6) is 0.468. The Bertz CT molecular complexity index is 1120. The average molecular weight is 477 g/mol. The van der Waals surface area contributed by atoms with Crippen molar-refractivity contribution in [3.05, 3.63) is 60.2 Å². The quantitative estimate of drug-likeness (QED) is 0.680. The maximum atomic E-state index is 13.2. The lowest BCUT2D eigenvalue weighted by Gasteiger charge is -2.32. The van der Waals surface area contributed by atoms with Crippen molar-refractivity contribution in [3.8, 4) is 0 Å². The van der Waals surface area contributed by atoms with Crippen LogP contribution in [0.4, 0.5) is 0 Å². The Hall–Kier alpha value is -1.74. The number of piperidine rings is 1. The first-order valence-corrected chi connectivity index (χ1v) is 14.4. The Labute approximate surface area is 192 Å². The maximum Gasteiger partial charge on any atom is 0.243 e. The van der Waals surface area contributed by atoms with Gasteiger partial charge in [-0.25, -0.2) is 21.6 Å². The lowest BCUT2D eigenvalue weighted by atomic mass is 9.87. The van der Waals surface area contributed by atoms with Crippen LogP contribution in [0, 0.1) is 5.92 Å². The van der Waals surface area contributed by atoms with Gasteiger partial charge in [-0.2, -0.15) is 4.31 Å². The molecule has 1 saturated carbocycles. The molecule has 1 aliphatic heterocycles. The molecule has 1 aliphatic carbocycles. The number of sulfonamides is 2. The van der Waals surface area contributed by atoms with Crippen LogP contribution in [-0.4, -0.2) is 40.3 Å². The molecule has 2 aliphatic rings. The number of hydrogen-bond donors (Lipinski definition) is 1. The van der Waals surface area contributed by atoms with E-state index in [1.165, 1.54) is 28.6 Å². The predicted molar refractivity (Wildman–Crippen MR) is 125 cm³/mol. The van der Waals surface area contributed by atoms with Crippen LogP contribution in [0.25, 0.3) is 0 Å². The van der Waals surface area contributed by atoms with Crippen molar-refractivity contribution in [3.63, 3.8) is 0 Å². The maximum absolute atomic E-state index is 13.2. The molecule has 0 radical (unpaired) electrons. The van der Waals surface area contributed by atoms with Crippen molar-refractivity contribution >= 4 is 20.0 Å². The zero-order valence-electron chi connectivity index (χ0n) is 18.5. The minimum atomic E-state index is -3.68. The molecule has 0 amide bonds. The van der Waals surface area contributed by atoms with Crippen LogP contribution in [0.15, 0.2) is 64.4 Å². The van der Waals surface area contributed by atoms with Gasteiger partial charge in [0.15, 0.2) is 0 Å². The molecule has 0 unspecified atom stereocenters. The van der Waals surface area contributed by atoms with Gasteiger partial charge in [0.25, 0.3) is 0 Å². The third-order valence-electron chi connectivity index (χ3n) is 6.84. The number of rotatable bonds is 6. The van der Waals surface area contributed by atoms with E-state index in [9.17, 15) is 16.8 Å². The minimum absolute atomic E-state index is 0.0690. The van der Waals surface area contributed by atoms with Crippen molar-refractivity contribution in [2.75, 3.05) is 13.1 Å². The number of hydrogen-bond acceptors (Lipinski definition) is 4. The van der Waals surface area contributed by atoms with Crippen molar-refractivity contribution in [2.45, 2.75) is 67.2 Å². The van der Waals surface area contributed by atoms with Crippen LogP contribution in [0.3, 0.4) is 0 Å². The van der Waals surface area contributed by atoms with Gasteiger partial charge in [0.05, 0.1) is 9.79 Å². The molecule has 0 aromatic heterocycles. The third kappa shape index (κ3) is 5.09. The summed E-state index contributed by atoms with van der Waals surface area (Å²) in [6.45, 7) is 2.99. The molecular weight excluding hydrogens is 444 g/mol. The van der Waals surface area contributed by atoms with E-state index in [1.54, 1.807) is 0 Å². The van der Waals surface area contributed by atoms with E-state index in [2.05, 4.69) is 11.6 Å². The summed E-state index contributed by atoms with van der Waals surface area (Å²) in [5.41, 5.74) is 1.15. The van der Waals surface area contributed by atoms with Crippen LogP contribution in [0.2, 0.25) is 0 Å². The molecule has 32 heavy (non-hydrogen) atoms. The fraction of sp³-hybridized carbons (Fsp3) is 0.500. The average Bonchev–Trinajstić information content (AvgIpc) is 2.81. The first kappa shape index (κ1) is 23.4. The van der Waals surface area contributed by atoms with Crippen molar-refractivity contribution in [1.29, 1.82) is 0 Å². The highest BCUT2D eigenvalue weighted by Gasteiger charge is 2.32. The molecule has 2 aromatic carbocycles. The predicted octanol–water partition coefficient (Wildman–Crippen LogP) is 4.11. The van der Waals surface area contributed by atoms with Gasteiger partial charge < -0.3 is 0 Å². The van der Waals surface area contributed by atoms with Gasteiger partial charge in [-0.1, -0.05) is 50.1 Å². The van der Waals surface area contributed by atoms with Gasteiger partial charge in [-0.15, -0.1) is 0 Å². The molecule has 8 heteroatoms. The molecule has 1 heterocycles. The van der Waals surface area contributed by atoms with E-state index in [0.717, 1.165) is 44.1 Å². The second kappa shape index (κ2) is 9.63. The summed E-state index contributed by atoms with van der Waals surface area (Å²) in [5, 5.41) is 0. The summed E-state index contributed by atoms with van der Waals surface area (Å²) >= 11 is 0. The first-order chi connectivity index (χ1) is 15.3. The molecule has 4 rings (SSSR count). The Balaban J connectivity index is 1.49. The molecule has 0 bridgehead atoms. The molecule has 1 N–H and O–H groups in total. The third-order valence-corrected chi connectivity index (χ3v) is 10.2. The fourth-order valence-corrected chi connectivity index (χ4v) is 7.76. The smallest absolute Gasteiger partial charge is 0.208 e. The van der Waals surface area contributed by atoms with E-state index < -0.39 is 20.0 Å². The summed E-state index contributed by atoms with van der Waals surface area (Å²) < 4.78 is 56.5. The van der Waals surface area contributed by atoms with Crippen molar-refractivity contribution in [2.24, 2.45) is 5.92 Å². The number of nitrogens with one attached hydrogen (secondary N) is 1. The zero-order valence-corrected chi connectivity index (χ0v) is 20.1. The van der Waals surface area contributed by atoms with E-state index in [1.807, 2.05) is 30.3 Å². The molecule has 2 fully saturated rings. The monoisotopic (exact) mass is 476 g/mol. The van der Waals surface area contributed by atoms with E-state index in [0.29, 0.717) is 19.0 Å². The lowest BCUT2D eigenvalue weighted by Crippen LogP contribution is -2.41. The number of nitrogens with zero attached hydrogens (tertiary/aromatic N) is 1. The molecule has 174 valence electrons. The highest BCUT2D eigenvalue weighted by molar-refractivity contribution is 7.89. The lowest BCUT2D eigenvalue weighted by molar-refractivity contribution is 0.310. The Morgan fingerprint density at radius 3 is 2.16 bits per heavy atom. The summed E-state index contributed by atoms with van der Waals surface area (Å²) in [6.07, 6.45) is 5.77. The van der Waals surface area contributed by atoms with Gasteiger partial charge in [-0.05, 0) is 67.3 Å². The molecule has 3 atom stereocenters. The molecule has 2 aromatic rings. The Kier molecular flexibility index (Phi) is 7.05. The van der Waals surface area contributed by atoms with Crippen LogP contribution in [0.1, 0.15) is 56.9 Å². The van der Waals surface area contributed by atoms with Gasteiger partial charge in [0.1, 0.15) is 0 Å². The van der Waals surface area contributed by atoms with Crippen molar-refractivity contribution < 1.29 is 16.8 Å². The van der Waals surface area contributed by atoms with Crippen LogP contribution >= 0.6 is 0 Å². The molecule has 1 saturated heterocycles. The first-order valence-electron chi connectivity index (χ1n) is 11.4. The summed E-state index contributed by atoms with van der Waals surface area (Å²) in [7, 11) is -7.37. The zero-order chi connectivity index (χ0) is 22.8. The van der Waals surface area contributed by atoms with Crippen LogP contribution in [0.5, 0.6) is 0 Å². The second-order valence-corrected chi connectivity index (χ2v) is 12.7. The van der Waals surface area contributed by atoms with E-state index in [-0.39, 0.29) is 21.8 Å². The molecular formula is C24H32N2O4S2. The highest BCUT2D eigenvalue weighted by atomic mass is 32.2. The molecule has 6 nitrogen and oxygen atoms in total. The van der Waals surface area contributed by atoms with Crippen LogP contribution in [-0.2, 0) is 20.0 Å². The Morgan fingerprint density at radius 2 is 1.47 bits per heavy atom. The minimum Gasteiger partial charge on any atom is -0.208 e. The number of benzene rings is 2. The van der Waals surface area contributed by atoms with Crippen LogP contribution < -0.4 is 4.72 Å². The highest BCUT2D eigenvalue weighted by Crippen LogP contribution is 2.31. The van der Waals surface area contributed by atoms with Crippen molar-refractivity contribution in [1.82, 2.24) is 9.03 Å². The summed E-state index contributed by atoms with van der Waals surface area (Å²) in [4.78, 5) is 0.242. The molecule has 0 spiro atoms. The summed E-state index contributed by atoms with van der Waals surface area (Å²) in [6, 6.07) is 15.6. The normalized spacial score (nSPS) is 25.5. The standard InChI is InChI=1S/C24H32N2O4S2/c1-19-8-5-6-12-24(19)25-31(27,28)22-13-15-23(16-14-22)32(29,30)26-17-7-11-21(18-26)20-9-3-2-4-10-20/h2-4,9-10,13-16,19,21,24-25H,5-8,11-12,17-18H2,1H3/t19-,21-,24-/m1/s1. The fourth-order valence-electron chi connectivity index (χ4n) is 4.86. The van der Waals surface area contributed by atoms with Gasteiger partial charge in [0, 0.05) is 19.1 Å². The SMILES string of the molecule is C[C@@H]1CCCC[C@H]1NS(=O)(=O)c1ccc(S(=O)(=O)N2CCC[C@@H](c3ccccc3)C2)cc1. The van der Waals surface area contributed by atoms with Gasteiger partial charge in [0.2, 0.25) is 20.0 Å². The topological polar surface area (TPSA) is 83.5 Å².